The third kappa shape index (κ3) is 2.73. The molecule has 17 heavy (non-hydrogen) atoms. The van der Waals surface area contributed by atoms with Crippen LogP contribution in [0.25, 0.3) is 0 Å². The summed E-state index contributed by atoms with van der Waals surface area (Å²) in [7, 11) is 3.98. The molecule has 0 saturated heterocycles. The minimum Gasteiger partial charge on any atom is -0.378 e. The molecule has 1 fully saturated rings. The van der Waals surface area contributed by atoms with Gasteiger partial charge in [0.25, 0.3) is 0 Å². The summed E-state index contributed by atoms with van der Waals surface area (Å²) in [6.07, 6.45) is 1.15. The Bertz CT molecular complexity index is 418. The van der Waals surface area contributed by atoms with E-state index in [1.807, 2.05) is 43.3 Å². The number of anilines is 1. The van der Waals surface area contributed by atoms with Gasteiger partial charge in [0.1, 0.15) is 11.6 Å². The summed E-state index contributed by atoms with van der Waals surface area (Å²) in [4.78, 5) is 24.8. The first-order valence-corrected chi connectivity index (χ1v) is 5.87. The summed E-state index contributed by atoms with van der Waals surface area (Å²) in [6.45, 7) is 0. The maximum absolute atomic E-state index is 11.4. The van der Waals surface area contributed by atoms with Crippen molar-refractivity contribution < 1.29 is 9.59 Å². The van der Waals surface area contributed by atoms with E-state index < -0.39 is 0 Å². The highest BCUT2D eigenvalue weighted by Crippen LogP contribution is 2.30. The van der Waals surface area contributed by atoms with Crippen molar-refractivity contribution in [1.29, 1.82) is 0 Å². The van der Waals surface area contributed by atoms with Crippen LogP contribution in [-0.2, 0) is 9.59 Å². The van der Waals surface area contributed by atoms with Crippen LogP contribution < -0.4 is 4.90 Å². The fourth-order valence-corrected chi connectivity index (χ4v) is 2.27. The highest BCUT2D eigenvalue weighted by molar-refractivity contribution is 6.02. The Hall–Kier alpha value is -1.64. The molecule has 0 radical (unpaired) electrons. The first-order valence-electron chi connectivity index (χ1n) is 5.87. The van der Waals surface area contributed by atoms with E-state index in [0.717, 1.165) is 11.3 Å². The minimum absolute atomic E-state index is 0.0722. The van der Waals surface area contributed by atoms with Crippen LogP contribution in [0, 0.1) is 0 Å². The number of hydrogen-bond donors (Lipinski definition) is 0. The number of hydrogen-bond acceptors (Lipinski definition) is 3. The zero-order valence-corrected chi connectivity index (χ0v) is 10.3. The largest absolute Gasteiger partial charge is 0.378 e. The number of nitrogens with zero attached hydrogens (tertiary/aromatic N) is 1. The van der Waals surface area contributed by atoms with Crippen LogP contribution in [0.2, 0.25) is 0 Å². The maximum atomic E-state index is 11.4. The van der Waals surface area contributed by atoms with E-state index in [-0.39, 0.29) is 23.9 Å². The molecule has 90 valence electrons. The SMILES string of the molecule is CN(C)c1ccc(C2CC(=O)CC(=O)C2)cc1. The van der Waals surface area contributed by atoms with Gasteiger partial charge in [0.2, 0.25) is 0 Å². The third-order valence-corrected chi connectivity index (χ3v) is 3.22. The minimum atomic E-state index is 0.0722. The molecular weight excluding hydrogens is 214 g/mol. The topological polar surface area (TPSA) is 37.4 Å². The molecule has 1 saturated carbocycles. The molecule has 3 heteroatoms. The number of carbonyl (C=O) groups excluding carboxylic acids is 2. The molecule has 0 unspecified atom stereocenters. The smallest absolute Gasteiger partial charge is 0.140 e. The van der Waals surface area contributed by atoms with E-state index in [0.29, 0.717) is 12.8 Å². The Labute approximate surface area is 101 Å². The number of rotatable bonds is 2. The second-order valence-electron chi connectivity index (χ2n) is 4.85. The van der Waals surface area contributed by atoms with Crippen molar-refractivity contribution in [1.82, 2.24) is 0 Å². The standard InChI is InChI=1S/C14H17NO2/c1-15(2)12-5-3-10(4-6-12)11-7-13(16)9-14(17)8-11/h3-6,11H,7-9H2,1-2H3. The van der Waals surface area contributed by atoms with Gasteiger partial charge in [-0.1, -0.05) is 12.1 Å². The molecule has 1 aliphatic rings. The van der Waals surface area contributed by atoms with Crippen molar-refractivity contribution >= 4 is 17.3 Å². The fraction of sp³-hybridized carbons (Fsp3) is 0.429. The Morgan fingerprint density at radius 3 is 2.00 bits per heavy atom. The Kier molecular flexibility index (Phi) is 3.27. The maximum Gasteiger partial charge on any atom is 0.140 e. The lowest BCUT2D eigenvalue weighted by Crippen LogP contribution is -2.21. The quantitative estimate of drug-likeness (QED) is 0.732. The lowest BCUT2D eigenvalue weighted by atomic mass is 9.82. The van der Waals surface area contributed by atoms with Crippen LogP contribution >= 0.6 is 0 Å². The molecule has 3 nitrogen and oxygen atoms in total. The van der Waals surface area contributed by atoms with Crippen LogP contribution in [0.15, 0.2) is 24.3 Å². The van der Waals surface area contributed by atoms with Gasteiger partial charge in [-0.15, -0.1) is 0 Å². The van der Waals surface area contributed by atoms with Gasteiger partial charge in [-0.05, 0) is 23.6 Å². The Balaban J connectivity index is 2.16. The number of carbonyl (C=O) groups is 2. The van der Waals surface area contributed by atoms with E-state index in [9.17, 15) is 9.59 Å². The van der Waals surface area contributed by atoms with Gasteiger partial charge < -0.3 is 4.90 Å². The van der Waals surface area contributed by atoms with Crippen LogP contribution in [0.5, 0.6) is 0 Å². The van der Waals surface area contributed by atoms with Gasteiger partial charge in [-0.2, -0.15) is 0 Å². The van der Waals surface area contributed by atoms with Crippen molar-refractivity contribution in [3.63, 3.8) is 0 Å². The summed E-state index contributed by atoms with van der Waals surface area (Å²) in [5.74, 6) is 0.228. The van der Waals surface area contributed by atoms with Crippen LogP contribution in [-0.4, -0.2) is 25.7 Å². The van der Waals surface area contributed by atoms with Crippen molar-refractivity contribution in [3.8, 4) is 0 Å². The molecule has 0 aliphatic heterocycles. The average Bonchev–Trinajstić information content (AvgIpc) is 2.28. The molecule has 0 heterocycles. The van der Waals surface area contributed by atoms with E-state index >= 15 is 0 Å². The zero-order chi connectivity index (χ0) is 12.4. The number of Topliss-reactive ketones (excluding diaryl/α,β-unsaturated/α-hetero) is 2. The van der Waals surface area contributed by atoms with E-state index in [2.05, 4.69) is 0 Å². The first-order chi connectivity index (χ1) is 8.06. The van der Waals surface area contributed by atoms with Gasteiger partial charge in [-0.25, -0.2) is 0 Å². The molecule has 1 aliphatic carbocycles. The first kappa shape index (κ1) is 11.8. The lowest BCUT2D eigenvalue weighted by Gasteiger charge is -2.21. The molecule has 0 N–H and O–H groups in total. The second-order valence-corrected chi connectivity index (χ2v) is 4.85. The average molecular weight is 231 g/mol. The van der Waals surface area contributed by atoms with Gasteiger partial charge in [0, 0.05) is 32.6 Å². The summed E-state index contributed by atoms with van der Waals surface area (Å²) >= 11 is 0. The molecule has 0 aromatic heterocycles. The molecule has 1 aromatic carbocycles. The van der Waals surface area contributed by atoms with Crippen molar-refractivity contribution in [2.24, 2.45) is 0 Å². The predicted molar refractivity (Wildman–Crippen MR) is 67.4 cm³/mol. The zero-order valence-electron chi connectivity index (χ0n) is 10.3. The van der Waals surface area contributed by atoms with E-state index in [4.69, 9.17) is 0 Å². The molecule has 0 spiro atoms. The van der Waals surface area contributed by atoms with E-state index in [1.54, 1.807) is 0 Å². The van der Waals surface area contributed by atoms with Crippen molar-refractivity contribution in [2.75, 3.05) is 19.0 Å². The Morgan fingerprint density at radius 1 is 1.00 bits per heavy atom. The second kappa shape index (κ2) is 4.70. The molecule has 1 aromatic rings. The summed E-state index contributed by atoms with van der Waals surface area (Å²) in [5, 5.41) is 0. The summed E-state index contributed by atoms with van der Waals surface area (Å²) in [6, 6.07) is 8.09. The normalized spacial score (nSPS) is 17.3. The molecule has 0 amide bonds. The van der Waals surface area contributed by atoms with Crippen LogP contribution in [0.1, 0.15) is 30.7 Å². The number of ketones is 2. The van der Waals surface area contributed by atoms with Gasteiger partial charge in [0.15, 0.2) is 0 Å². The van der Waals surface area contributed by atoms with Gasteiger partial charge >= 0.3 is 0 Å². The van der Waals surface area contributed by atoms with Gasteiger partial charge in [-0.3, -0.25) is 9.59 Å². The molecular formula is C14H17NO2. The van der Waals surface area contributed by atoms with Gasteiger partial charge in [0.05, 0.1) is 6.42 Å². The highest BCUT2D eigenvalue weighted by Gasteiger charge is 2.26. The lowest BCUT2D eigenvalue weighted by molar-refractivity contribution is -0.130. The van der Waals surface area contributed by atoms with E-state index in [1.165, 1.54) is 0 Å². The molecule has 2 rings (SSSR count). The number of benzene rings is 1. The van der Waals surface area contributed by atoms with Crippen LogP contribution in [0.4, 0.5) is 5.69 Å². The third-order valence-electron chi connectivity index (χ3n) is 3.22. The highest BCUT2D eigenvalue weighted by atomic mass is 16.1. The molecule has 0 atom stereocenters. The van der Waals surface area contributed by atoms with Crippen molar-refractivity contribution in [2.45, 2.75) is 25.2 Å². The monoisotopic (exact) mass is 231 g/mol. The Morgan fingerprint density at radius 2 is 1.53 bits per heavy atom. The fourth-order valence-electron chi connectivity index (χ4n) is 2.27. The molecule has 0 bridgehead atoms. The predicted octanol–water partition coefficient (Wildman–Crippen LogP) is 2.16. The van der Waals surface area contributed by atoms with Crippen LogP contribution in [0.3, 0.4) is 0 Å². The van der Waals surface area contributed by atoms with Crippen molar-refractivity contribution in [3.05, 3.63) is 29.8 Å². The summed E-state index contributed by atoms with van der Waals surface area (Å²) in [5.41, 5.74) is 2.22. The summed E-state index contributed by atoms with van der Waals surface area (Å²) < 4.78 is 0.